The summed E-state index contributed by atoms with van der Waals surface area (Å²) in [7, 11) is 0. The molecule has 0 amide bonds. The number of unbranched alkanes of at least 4 members (excludes halogenated alkanes) is 9. The molecule has 0 spiro atoms. The first-order chi connectivity index (χ1) is 11.4. The van der Waals surface area contributed by atoms with Gasteiger partial charge in [0.15, 0.2) is 0 Å². The molecule has 0 bridgehead atoms. The topological polar surface area (TPSA) is 35.8 Å². The van der Waals surface area contributed by atoms with Crippen LogP contribution in [0.2, 0.25) is 0 Å². The van der Waals surface area contributed by atoms with Crippen LogP contribution in [0.25, 0.3) is 0 Å². The van der Waals surface area contributed by atoms with E-state index in [4.69, 9.17) is 5.11 Å². The largest absolute Gasteiger partial charge is 0.395 e. The zero-order valence-electron chi connectivity index (χ0n) is 15.3. The van der Waals surface area contributed by atoms with Crippen LogP contribution >= 0.6 is 0 Å². The van der Waals surface area contributed by atoms with Gasteiger partial charge in [0, 0.05) is 19.3 Å². The molecule has 1 unspecified atom stereocenters. The number of β-amino-alcohol motifs (C(OH)–C–C–N with tert-alkyl or cyclic N) is 1. The maximum Gasteiger partial charge on any atom is 0.102 e. The molecule has 0 fully saturated rings. The quantitative estimate of drug-likeness (QED) is 0.342. The second-order valence-electron chi connectivity index (χ2n) is 6.70. The van der Waals surface area contributed by atoms with E-state index in [9.17, 15) is 0 Å². The maximum absolute atomic E-state index is 9.03. The van der Waals surface area contributed by atoms with E-state index in [1.54, 1.807) is 0 Å². The van der Waals surface area contributed by atoms with Gasteiger partial charge in [-0.2, -0.15) is 0 Å². The minimum atomic E-state index is 0.244. The van der Waals surface area contributed by atoms with Crippen LogP contribution in [0.1, 0.15) is 84.0 Å². The van der Waals surface area contributed by atoms with Crippen LogP contribution in [0.4, 0.5) is 0 Å². The van der Waals surface area contributed by atoms with E-state index < -0.39 is 0 Å². The summed E-state index contributed by atoms with van der Waals surface area (Å²) in [5, 5.41) is 9.03. The fourth-order valence-electron chi connectivity index (χ4n) is 3.15. The molecule has 0 aromatic carbocycles. The van der Waals surface area contributed by atoms with Crippen LogP contribution in [0.3, 0.4) is 0 Å². The van der Waals surface area contributed by atoms with Crippen molar-refractivity contribution in [2.24, 2.45) is 4.99 Å². The summed E-state index contributed by atoms with van der Waals surface area (Å²) in [6.07, 6.45) is 22.9. The number of aliphatic hydroxyl groups excluding tert-OH is 1. The monoisotopic (exact) mass is 322 g/mol. The Bertz CT molecular complexity index is 315. The summed E-state index contributed by atoms with van der Waals surface area (Å²) in [5.74, 6) is 0. The van der Waals surface area contributed by atoms with Crippen molar-refractivity contribution in [3.05, 3.63) is 12.2 Å². The minimum absolute atomic E-state index is 0.244. The van der Waals surface area contributed by atoms with Crippen molar-refractivity contribution in [3.63, 3.8) is 0 Å². The van der Waals surface area contributed by atoms with Gasteiger partial charge >= 0.3 is 0 Å². The third-order valence-corrected chi connectivity index (χ3v) is 4.63. The molecule has 1 aliphatic rings. The van der Waals surface area contributed by atoms with Gasteiger partial charge in [-0.25, -0.2) is 0 Å². The Hall–Kier alpha value is -0.670. The first kappa shape index (κ1) is 20.4. The van der Waals surface area contributed by atoms with Crippen LogP contribution in [0.15, 0.2) is 17.1 Å². The molecule has 1 heterocycles. The van der Waals surface area contributed by atoms with Gasteiger partial charge < -0.3 is 5.11 Å². The Balaban J connectivity index is 1.83. The third kappa shape index (κ3) is 10.7. The second-order valence-corrected chi connectivity index (χ2v) is 6.70. The van der Waals surface area contributed by atoms with E-state index in [0.29, 0.717) is 6.17 Å². The fraction of sp³-hybridized carbons (Fsp3) is 0.850. The number of hydrogen-bond acceptors (Lipinski definition) is 3. The molecule has 3 heteroatoms. The smallest absolute Gasteiger partial charge is 0.102 e. The average molecular weight is 323 g/mol. The molecule has 0 saturated heterocycles. The first-order valence-electron chi connectivity index (χ1n) is 9.90. The normalized spacial score (nSPS) is 18.4. The van der Waals surface area contributed by atoms with Crippen molar-refractivity contribution in [3.8, 4) is 0 Å². The van der Waals surface area contributed by atoms with Gasteiger partial charge in [-0.3, -0.25) is 9.89 Å². The zero-order chi connectivity index (χ0) is 16.6. The van der Waals surface area contributed by atoms with E-state index in [1.807, 2.05) is 6.21 Å². The molecular formula is C20H38N2O. The van der Waals surface area contributed by atoms with Crippen molar-refractivity contribution in [2.75, 3.05) is 19.7 Å². The van der Waals surface area contributed by atoms with E-state index in [1.165, 1.54) is 70.6 Å². The lowest BCUT2D eigenvalue weighted by Gasteiger charge is -2.21. The van der Waals surface area contributed by atoms with Gasteiger partial charge in [-0.15, -0.1) is 0 Å². The van der Waals surface area contributed by atoms with Crippen molar-refractivity contribution in [1.82, 2.24) is 4.90 Å². The lowest BCUT2D eigenvalue weighted by Crippen LogP contribution is -2.32. The number of aliphatic hydroxyl groups is 1. The Morgan fingerprint density at radius 1 is 1.00 bits per heavy atom. The highest BCUT2D eigenvalue weighted by Gasteiger charge is 2.19. The highest BCUT2D eigenvalue weighted by molar-refractivity contribution is 5.62. The van der Waals surface area contributed by atoms with E-state index in [0.717, 1.165) is 19.5 Å². The van der Waals surface area contributed by atoms with Crippen molar-refractivity contribution >= 4 is 6.21 Å². The standard InChI is InChI=1S/C20H38N2O/c1-2-3-4-5-6-7-8-9-10-11-12-13-14-15-20-21-16-17-22(20)18-19-23/h5-6,16,20,23H,2-4,7-15,17-19H2,1H3/b6-5+. The molecule has 3 nitrogen and oxygen atoms in total. The highest BCUT2D eigenvalue weighted by atomic mass is 16.3. The number of nitrogens with zero attached hydrogens (tertiary/aromatic N) is 2. The Kier molecular flexibility index (Phi) is 13.2. The molecular weight excluding hydrogens is 284 g/mol. The number of hydrogen-bond donors (Lipinski definition) is 1. The van der Waals surface area contributed by atoms with Gasteiger partial charge in [0.1, 0.15) is 6.17 Å². The Labute approximate surface area is 143 Å². The summed E-state index contributed by atoms with van der Waals surface area (Å²) >= 11 is 0. The number of rotatable bonds is 15. The van der Waals surface area contributed by atoms with Crippen LogP contribution in [0, 0.1) is 0 Å². The average Bonchev–Trinajstić information content (AvgIpc) is 2.99. The number of aliphatic imine (C=N–C) groups is 1. The van der Waals surface area contributed by atoms with Crippen LogP contribution in [-0.4, -0.2) is 42.1 Å². The maximum atomic E-state index is 9.03. The van der Waals surface area contributed by atoms with Crippen molar-refractivity contribution in [1.29, 1.82) is 0 Å². The molecule has 0 radical (unpaired) electrons. The van der Waals surface area contributed by atoms with Gasteiger partial charge in [0.2, 0.25) is 0 Å². The van der Waals surface area contributed by atoms with E-state index in [-0.39, 0.29) is 6.61 Å². The zero-order valence-corrected chi connectivity index (χ0v) is 15.3. The van der Waals surface area contributed by atoms with Gasteiger partial charge in [-0.1, -0.05) is 64.0 Å². The Morgan fingerprint density at radius 3 is 2.35 bits per heavy atom. The molecule has 0 aliphatic carbocycles. The van der Waals surface area contributed by atoms with E-state index >= 15 is 0 Å². The van der Waals surface area contributed by atoms with Crippen molar-refractivity contribution in [2.45, 2.75) is 90.1 Å². The van der Waals surface area contributed by atoms with Crippen LogP contribution < -0.4 is 0 Å². The SMILES string of the molecule is CCCC/C=C/CCCCCCCCCC1N=CCN1CCO. The lowest BCUT2D eigenvalue weighted by molar-refractivity contribution is 0.176. The summed E-state index contributed by atoms with van der Waals surface area (Å²) in [5.41, 5.74) is 0. The predicted octanol–water partition coefficient (Wildman–Crippen LogP) is 4.95. The molecule has 0 aromatic rings. The molecule has 1 rings (SSSR count). The summed E-state index contributed by atoms with van der Waals surface area (Å²) in [4.78, 5) is 6.79. The number of allylic oxidation sites excluding steroid dienone is 2. The minimum Gasteiger partial charge on any atom is -0.395 e. The van der Waals surface area contributed by atoms with Gasteiger partial charge in [-0.05, 0) is 32.1 Å². The summed E-state index contributed by atoms with van der Waals surface area (Å²) < 4.78 is 0. The molecule has 0 saturated carbocycles. The lowest BCUT2D eigenvalue weighted by atomic mass is 10.1. The molecule has 134 valence electrons. The molecule has 1 aliphatic heterocycles. The first-order valence-corrected chi connectivity index (χ1v) is 9.90. The Morgan fingerprint density at radius 2 is 1.65 bits per heavy atom. The van der Waals surface area contributed by atoms with Crippen molar-refractivity contribution < 1.29 is 5.11 Å². The predicted molar refractivity (Wildman–Crippen MR) is 101 cm³/mol. The molecule has 1 atom stereocenters. The fourth-order valence-corrected chi connectivity index (χ4v) is 3.15. The van der Waals surface area contributed by atoms with Crippen LogP contribution in [-0.2, 0) is 0 Å². The summed E-state index contributed by atoms with van der Waals surface area (Å²) in [6, 6.07) is 0. The summed E-state index contributed by atoms with van der Waals surface area (Å²) in [6.45, 7) is 4.17. The van der Waals surface area contributed by atoms with Gasteiger partial charge in [0.05, 0.1) is 6.61 Å². The second kappa shape index (κ2) is 14.9. The van der Waals surface area contributed by atoms with Crippen LogP contribution in [0.5, 0.6) is 0 Å². The van der Waals surface area contributed by atoms with Gasteiger partial charge in [0.25, 0.3) is 0 Å². The molecule has 1 N–H and O–H groups in total. The molecule has 0 aromatic heterocycles. The van der Waals surface area contributed by atoms with E-state index in [2.05, 4.69) is 29.0 Å². The third-order valence-electron chi connectivity index (χ3n) is 4.63. The highest BCUT2D eigenvalue weighted by Crippen LogP contribution is 2.16. The molecule has 23 heavy (non-hydrogen) atoms.